The zero-order valence-electron chi connectivity index (χ0n) is 11.0. The molecule has 0 saturated carbocycles. The van der Waals surface area contributed by atoms with Gasteiger partial charge in [-0.25, -0.2) is 14.6 Å². The molecule has 0 N–H and O–H groups in total. The van der Waals surface area contributed by atoms with Crippen LogP contribution in [0.15, 0.2) is 43.4 Å². The Labute approximate surface area is 128 Å². The first kappa shape index (κ1) is 14.6. The number of halogens is 4. The van der Waals surface area contributed by atoms with Crippen molar-refractivity contribution >= 4 is 11.6 Å². The first-order valence-corrected chi connectivity index (χ1v) is 6.53. The normalized spacial score (nSPS) is 11.8. The molecule has 5 nitrogen and oxygen atoms in total. The molecule has 0 amide bonds. The van der Waals surface area contributed by atoms with Gasteiger partial charge in [0.25, 0.3) is 0 Å². The minimum Gasteiger partial charge on any atom is -0.333 e. The van der Waals surface area contributed by atoms with Crippen molar-refractivity contribution in [1.29, 1.82) is 0 Å². The molecule has 0 radical (unpaired) electrons. The van der Waals surface area contributed by atoms with Crippen LogP contribution in [0.4, 0.5) is 13.2 Å². The number of alkyl halides is 3. The van der Waals surface area contributed by atoms with Crippen LogP contribution in [0.2, 0.25) is 5.02 Å². The lowest BCUT2D eigenvalue weighted by Crippen LogP contribution is -2.08. The van der Waals surface area contributed by atoms with E-state index in [1.54, 1.807) is 31.1 Å². The van der Waals surface area contributed by atoms with Crippen LogP contribution < -0.4 is 0 Å². The molecule has 0 aliphatic rings. The number of imidazole rings is 1. The van der Waals surface area contributed by atoms with E-state index in [1.165, 1.54) is 4.68 Å². The first-order chi connectivity index (χ1) is 10.4. The molecule has 0 aliphatic carbocycles. The second-order valence-electron chi connectivity index (χ2n) is 4.56. The summed E-state index contributed by atoms with van der Waals surface area (Å²) < 4.78 is 40.9. The molecule has 0 unspecified atom stereocenters. The van der Waals surface area contributed by atoms with Crippen molar-refractivity contribution in [1.82, 2.24) is 24.3 Å². The minimum absolute atomic E-state index is 0.118. The molecular formula is C13H9ClF3N5. The van der Waals surface area contributed by atoms with Gasteiger partial charge in [-0.15, -0.1) is 0 Å². The molecule has 0 saturated heterocycles. The quantitative estimate of drug-likeness (QED) is 0.742. The largest absolute Gasteiger partial charge is 0.417 e. The Morgan fingerprint density at radius 3 is 2.68 bits per heavy atom. The molecule has 0 atom stereocenters. The fourth-order valence-corrected chi connectivity index (χ4v) is 2.16. The summed E-state index contributed by atoms with van der Waals surface area (Å²) in [5.41, 5.74) is -0.0530. The molecule has 3 aromatic heterocycles. The summed E-state index contributed by atoms with van der Waals surface area (Å²) >= 11 is 5.88. The van der Waals surface area contributed by atoms with Crippen molar-refractivity contribution in [2.75, 3.05) is 0 Å². The number of hydrogen-bond donors (Lipinski definition) is 0. The highest BCUT2D eigenvalue weighted by atomic mass is 35.5. The highest BCUT2D eigenvalue weighted by Crippen LogP contribution is 2.31. The Morgan fingerprint density at radius 1 is 1.23 bits per heavy atom. The summed E-state index contributed by atoms with van der Waals surface area (Å²) in [6, 6.07) is 0.834. The summed E-state index contributed by atoms with van der Waals surface area (Å²) in [5, 5.41) is 3.96. The fraction of sp³-hybridized carbons (Fsp3) is 0.154. The zero-order valence-corrected chi connectivity index (χ0v) is 11.8. The molecule has 0 aliphatic heterocycles. The van der Waals surface area contributed by atoms with E-state index in [4.69, 9.17) is 11.6 Å². The van der Waals surface area contributed by atoms with Gasteiger partial charge in [0.1, 0.15) is 0 Å². The van der Waals surface area contributed by atoms with Crippen LogP contribution >= 0.6 is 11.6 Å². The minimum atomic E-state index is -4.48. The maximum atomic E-state index is 12.6. The molecular weight excluding hydrogens is 319 g/mol. The molecule has 114 valence electrons. The molecule has 3 rings (SSSR count). The van der Waals surface area contributed by atoms with Gasteiger partial charge in [-0.2, -0.15) is 18.3 Å². The van der Waals surface area contributed by atoms with Gasteiger partial charge < -0.3 is 4.57 Å². The van der Waals surface area contributed by atoms with E-state index in [0.29, 0.717) is 6.54 Å². The molecule has 3 aromatic rings. The van der Waals surface area contributed by atoms with Crippen LogP contribution in [0.5, 0.6) is 0 Å². The lowest BCUT2D eigenvalue weighted by molar-refractivity contribution is -0.137. The van der Waals surface area contributed by atoms with Crippen LogP contribution in [0, 0.1) is 0 Å². The predicted molar refractivity (Wildman–Crippen MR) is 72.7 cm³/mol. The lowest BCUT2D eigenvalue weighted by atomic mass is 10.3. The standard InChI is InChI=1S/C13H9ClF3N5/c14-11-3-10(13(15,16)17)5-19-12(11)22-7-9(4-20-22)6-21-2-1-18-8-21/h1-5,7-8H,6H2. The van der Waals surface area contributed by atoms with Crippen LogP contribution in [0.25, 0.3) is 5.82 Å². The number of pyridine rings is 1. The van der Waals surface area contributed by atoms with Crippen LogP contribution in [0.1, 0.15) is 11.1 Å². The maximum absolute atomic E-state index is 12.6. The van der Waals surface area contributed by atoms with Crippen LogP contribution in [-0.2, 0) is 12.7 Å². The average Bonchev–Trinajstić information content (AvgIpc) is 3.10. The van der Waals surface area contributed by atoms with Gasteiger partial charge >= 0.3 is 6.18 Å². The summed E-state index contributed by atoms with van der Waals surface area (Å²) in [6.45, 7) is 0.540. The lowest BCUT2D eigenvalue weighted by Gasteiger charge is -2.08. The molecule has 3 heterocycles. The predicted octanol–water partition coefficient (Wildman–Crippen LogP) is 3.18. The van der Waals surface area contributed by atoms with Crippen molar-refractivity contribution in [2.45, 2.75) is 12.7 Å². The van der Waals surface area contributed by atoms with E-state index in [0.717, 1.165) is 17.8 Å². The highest BCUT2D eigenvalue weighted by molar-refractivity contribution is 6.32. The highest BCUT2D eigenvalue weighted by Gasteiger charge is 2.31. The van der Waals surface area contributed by atoms with Gasteiger partial charge in [-0.05, 0) is 6.07 Å². The molecule has 0 spiro atoms. The van der Waals surface area contributed by atoms with Gasteiger partial charge in [0.2, 0.25) is 0 Å². The second kappa shape index (κ2) is 5.45. The summed E-state index contributed by atoms with van der Waals surface area (Å²) in [6.07, 6.45) is 4.60. The van der Waals surface area contributed by atoms with E-state index < -0.39 is 11.7 Å². The fourth-order valence-electron chi connectivity index (χ4n) is 1.90. The Kier molecular flexibility index (Phi) is 3.61. The van der Waals surface area contributed by atoms with Gasteiger partial charge in [0, 0.05) is 30.4 Å². The third kappa shape index (κ3) is 2.96. The Balaban J connectivity index is 1.87. The SMILES string of the molecule is FC(F)(F)c1cnc(-n2cc(Cn3ccnc3)cn2)c(Cl)c1. The summed E-state index contributed by atoms with van der Waals surface area (Å²) in [7, 11) is 0. The third-order valence-corrected chi connectivity index (χ3v) is 3.20. The van der Waals surface area contributed by atoms with Crippen LogP contribution in [-0.4, -0.2) is 24.3 Å². The van der Waals surface area contributed by atoms with Gasteiger partial charge in [-0.3, -0.25) is 0 Å². The van der Waals surface area contributed by atoms with E-state index in [-0.39, 0.29) is 10.8 Å². The molecule has 0 aromatic carbocycles. The molecule has 0 bridgehead atoms. The molecule has 9 heteroatoms. The van der Waals surface area contributed by atoms with E-state index >= 15 is 0 Å². The number of aromatic nitrogens is 5. The maximum Gasteiger partial charge on any atom is 0.417 e. The van der Waals surface area contributed by atoms with Crippen molar-refractivity contribution in [3.05, 3.63) is 59.5 Å². The van der Waals surface area contributed by atoms with Gasteiger partial charge in [0.15, 0.2) is 5.82 Å². The van der Waals surface area contributed by atoms with Gasteiger partial charge in [0.05, 0.1) is 29.7 Å². The number of nitrogens with zero attached hydrogens (tertiary/aromatic N) is 5. The summed E-state index contributed by atoms with van der Waals surface area (Å²) in [4.78, 5) is 7.68. The van der Waals surface area contributed by atoms with E-state index in [9.17, 15) is 13.2 Å². The van der Waals surface area contributed by atoms with Crippen LogP contribution in [0.3, 0.4) is 0 Å². The van der Waals surface area contributed by atoms with Crippen molar-refractivity contribution in [2.24, 2.45) is 0 Å². The monoisotopic (exact) mass is 327 g/mol. The second-order valence-corrected chi connectivity index (χ2v) is 4.96. The number of rotatable bonds is 3. The Morgan fingerprint density at radius 2 is 2.05 bits per heavy atom. The van der Waals surface area contributed by atoms with Crippen molar-refractivity contribution in [3.8, 4) is 5.82 Å². The van der Waals surface area contributed by atoms with Crippen molar-refractivity contribution < 1.29 is 13.2 Å². The van der Waals surface area contributed by atoms with Gasteiger partial charge in [-0.1, -0.05) is 11.6 Å². The smallest absolute Gasteiger partial charge is 0.333 e. The molecule has 0 fully saturated rings. The molecule has 22 heavy (non-hydrogen) atoms. The Bertz CT molecular complexity index is 779. The van der Waals surface area contributed by atoms with E-state index in [2.05, 4.69) is 15.1 Å². The topological polar surface area (TPSA) is 48.5 Å². The Hall–Kier alpha value is -2.35. The number of hydrogen-bond acceptors (Lipinski definition) is 3. The summed E-state index contributed by atoms with van der Waals surface area (Å²) in [5.74, 6) is 0.145. The zero-order chi connectivity index (χ0) is 15.7. The first-order valence-electron chi connectivity index (χ1n) is 6.16. The van der Waals surface area contributed by atoms with Crippen molar-refractivity contribution in [3.63, 3.8) is 0 Å². The average molecular weight is 328 g/mol. The van der Waals surface area contributed by atoms with E-state index in [1.807, 2.05) is 4.57 Å². The third-order valence-electron chi connectivity index (χ3n) is 2.93.